The smallest absolute Gasteiger partial charge is 0.338 e. The number of nitrogens with zero attached hydrogens (tertiary/aromatic N) is 2. The summed E-state index contributed by atoms with van der Waals surface area (Å²) >= 11 is 0. The number of rotatable bonds is 3. The maximum Gasteiger partial charge on any atom is 0.338 e. The number of nitriles is 1. The highest BCUT2D eigenvalue weighted by molar-refractivity contribution is 5.92. The minimum atomic E-state index is -0.694. The molecule has 1 aromatic carbocycles. The first-order chi connectivity index (χ1) is 8.01. The number of carbonyl (C=O) groups is 1. The Balaban J connectivity index is 3.35. The lowest BCUT2D eigenvalue weighted by Gasteiger charge is -2.05. The molecule has 0 aliphatic heterocycles. The lowest BCUT2D eigenvalue weighted by molar-refractivity contribution is -0.385. The van der Waals surface area contributed by atoms with Crippen LogP contribution in [0.5, 0.6) is 0 Å². The quantitative estimate of drug-likeness (QED) is 0.452. The highest BCUT2D eigenvalue weighted by atomic mass is 16.6. The standard InChI is InChI=1S/C11H10N2O4/c1-3-17-11(14)9-5-10(13(15)16)8(6-12)4-7(9)2/h4-5H,3H2,1-2H3. The van der Waals surface area contributed by atoms with E-state index in [-0.39, 0.29) is 23.4 Å². The Morgan fingerprint density at radius 2 is 2.24 bits per heavy atom. The van der Waals surface area contributed by atoms with Crippen molar-refractivity contribution in [3.63, 3.8) is 0 Å². The first-order valence-corrected chi connectivity index (χ1v) is 4.87. The molecular weight excluding hydrogens is 224 g/mol. The Morgan fingerprint density at radius 1 is 1.59 bits per heavy atom. The molecule has 0 atom stereocenters. The third-order valence-corrected chi connectivity index (χ3v) is 2.16. The topological polar surface area (TPSA) is 93.2 Å². The number of nitro groups is 1. The van der Waals surface area contributed by atoms with Crippen LogP contribution in [0.4, 0.5) is 5.69 Å². The summed E-state index contributed by atoms with van der Waals surface area (Å²) in [5.41, 5.74) is 0.129. The second-order valence-corrected chi connectivity index (χ2v) is 3.27. The highest BCUT2D eigenvalue weighted by Gasteiger charge is 2.20. The van der Waals surface area contributed by atoms with Crippen LogP contribution < -0.4 is 0 Å². The summed E-state index contributed by atoms with van der Waals surface area (Å²) in [5.74, 6) is -0.627. The molecule has 0 fully saturated rings. The van der Waals surface area contributed by atoms with Crippen molar-refractivity contribution in [1.29, 1.82) is 5.26 Å². The minimum absolute atomic E-state index is 0.0689. The number of nitro benzene ring substituents is 1. The van der Waals surface area contributed by atoms with E-state index in [9.17, 15) is 14.9 Å². The van der Waals surface area contributed by atoms with E-state index in [2.05, 4.69) is 0 Å². The molecule has 1 rings (SSSR count). The van der Waals surface area contributed by atoms with E-state index >= 15 is 0 Å². The zero-order chi connectivity index (χ0) is 13.0. The zero-order valence-electron chi connectivity index (χ0n) is 9.39. The van der Waals surface area contributed by atoms with Gasteiger partial charge in [-0.3, -0.25) is 10.1 Å². The molecule has 1 aromatic rings. The molecule has 88 valence electrons. The SMILES string of the molecule is CCOC(=O)c1cc([N+](=O)[O-])c(C#N)cc1C. The van der Waals surface area contributed by atoms with Gasteiger partial charge in [0.1, 0.15) is 11.6 Å². The van der Waals surface area contributed by atoms with Crippen molar-refractivity contribution in [2.24, 2.45) is 0 Å². The fourth-order valence-electron chi connectivity index (χ4n) is 1.37. The molecular formula is C11H10N2O4. The first-order valence-electron chi connectivity index (χ1n) is 4.87. The molecule has 0 saturated heterocycles. The summed E-state index contributed by atoms with van der Waals surface area (Å²) in [6.45, 7) is 3.42. The zero-order valence-corrected chi connectivity index (χ0v) is 9.39. The molecule has 6 heteroatoms. The molecule has 0 aliphatic carbocycles. The largest absolute Gasteiger partial charge is 0.462 e. The Labute approximate surface area is 97.6 Å². The third-order valence-electron chi connectivity index (χ3n) is 2.16. The van der Waals surface area contributed by atoms with Crippen LogP contribution in [-0.4, -0.2) is 17.5 Å². The first kappa shape index (κ1) is 12.6. The average molecular weight is 234 g/mol. The van der Waals surface area contributed by atoms with Crippen molar-refractivity contribution in [2.75, 3.05) is 6.61 Å². The second-order valence-electron chi connectivity index (χ2n) is 3.27. The number of benzene rings is 1. The number of ether oxygens (including phenoxy) is 1. The monoisotopic (exact) mass is 234 g/mol. The summed E-state index contributed by atoms with van der Waals surface area (Å²) in [5, 5.41) is 19.5. The molecule has 0 aliphatic rings. The van der Waals surface area contributed by atoms with E-state index in [1.165, 1.54) is 6.07 Å². The Bertz CT molecular complexity index is 517. The van der Waals surface area contributed by atoms with Gasteiger partial charge in [-0.1, -0.05) is 0 Å². The van der Waals surface area contributed by atoms with Gasteiger partial charge in [0.25, 0.3) is 5.69 Å². The maximum atomic E-state index is 11.5. The number of hydrogen-bond donors (Lipinski definition) is 0. The third kappa shape index (κ3) is 2.58. The molecule has 0 spiro atoms. The van der Waals surface area contributed by atoms with Crippen molar-refractivity contribution in [2.45, 2.75) is 13.8 Å². The van der Waals surface area contributed by atoms with Crippen LogP contribution in [0.2, 0.25) is 0 Å². The normalized spacial score (nSPS) is 9.47. The number of carbonyl (C=O) groups excluding carboxylic acids is 1. The molecule has 0 bridgehead atoms. The van der Waals surface area contributed by atoms with E-state index in [1.807, 2.05) is 0 Å². The fourth-order valence-corrected chi connectivity index (χ4v) is 1.37. The predicted molar refractivity (Wildman–Crippen MR) is 58.5 cm³/mol. The summed E-state index contributed by atoms with van der Waals surface area (Å²) < 4.78 is 4.77. The van der Waals surface area contributed by atoms with Gasteiger partial charge in [0.2, 0.25) is 0 Å². The van der Waals surface area contributed by atoms with Crippen LogP contribution >= 0.6 is 0 Å². The second kappa shape index (κ2) is 5.07. The predicted octanol–water partition coefficient (Wildman–Crippen LogP) is 1.95. The molecule has 0 radical (unpaired) electrons. The highest BCUT2D eigenvalue weighted by Crippen LogP contribution is 2.23. The van der Waals surface area contributed by atoms with Gasteiger partial charge in [-0.05, 0) is 25.5 Å². The summed E-state index contributed by atoms with van der Waals surface area (Å²) in [4.78, 5) is 21.5. The van der Waals surface area contributed by atoms with Crippen LogP contribution in [0.15, 0.2) is 12.1 Å². The Morgan fingerprint density at radius 3 is 2.71 bits per heavy atom. The Kier molecular flexibility index (Phi) is 3.78. The van der Waals surface area contributed by atoms with Gasteiger partial charge in [0, 0.05) is 6.07 Å². The van der Waals surface area contributed by atoms with E-state index in [4.69, 9.17) is 10.00 Å². The summed E-state index contributed by atoms with van der Waals surface area (Å²) in [7, 11) is 0. The van der Waals surface area contributed by atoms with E-state index in [0.717, 1.165) is 6.07 Å². The molecule has 6 nitrogen and oxygen atoms in total. The van der Waals surface area contributed by atoms with Crippen molar-refractivity contribution < 1.29 is 14.5 Å². The van der Waals surface area contributed by atoms with Crippen LogP contribution in [0.1, 0.15) is 28.4 Å². The van der Waals surface area contributed by atoms with E-state index < -0.39 is 10.9 Å². The lowest BCUT2D eigenvalue weighted by atomic mass is 10.0. The summed E-state index contributed by atoms with van der Waals surface area (Å²) in [6.07, 6.45) is 0. The van der Waals surface area contributed by atoms with Gasteiger partial charge < -0.3 is 4.74 Å². The Hall–Kier alpha value is -2.42. The molecule has 17 heavy (non-hydrogen) atoms. The van der Waals surface area contributed by atoms with Crippen molar-refractivity contribution >= 4 is 11.7 Å². The molecule has 0 aromatic heterocycles. The summed E-state index contributed by atoms with van der Waals surface area (Å²) in [6, 6.07) is 4.11. The number of aryl methyl sites for hydroxylation is 1. The molecule has 0 amide bonds. The molecule has 0 N–H and O–H groups in total. The van der Waals surface area contributed by atoms with Gasteiger partial charge in [0.15, 0.2) is 0 Å². The van der Waals surface area contributed by atoms with Gasteiger partial charge in [-0.25, -0.2) is 4.79 Å². The van der Waals surface area contributed by atoms with Gasteiger partial charge in [-0.2, -0.15) is 5.26 Å². The van der Waals surface area contributed by atoms with Crippen LogP contribution in [0, 0.1) is 28.4 Å². The van der Waals surface area contributed by atoms with E-state index in [0.29, 0.717) is 5.56 Å². The van der Waals surface area contributed by atoms with Gasteiger partial charge >= 0.3 is 5.97 Å². The lowest BCUT2D eigenvalue weighted by Crippen LogP contribution is -2.08. The molecule has 0 heterocycles. The molecule has 0 unspecified atom stereocenters. The van der Waals surface area contributed by atoms with Crippen molar-refractivity contribution in [3.05, 3.63) is 38.9 Å². The molecule has 0 saturated carbocycles. The number of hydrogen-bond acceptors (Lipinski definition) is 5. The van der Waals surface area contributed by atoms with Crippen molar-refractivity contribution in [1.82, 2.24) is 0 Å². The average Bonchev–Trinajstić information content (AvgIpc) is 2.28. The van der Waals surface area contributed by atoms with Crippen LogP contribution in [0.3, 0.4) is 0 Å². The van der Waals surface area contributed by atoms with Crippen LogP contribution in [-0.2, 0) is 4.74 Å². The fraction of sp³-hybridized carbons (Fsp3) is 0.273. The van der Waals surface area contributed by atoms with Gasteiger partial charge in [-0.15, -0.1) is 0 Å². The number of esters is 1. The van der Waals surface area contributed by atoms with E-state index in [1.54, 1.807) is 19.9 Å². The minimum Gasteiger partial charge on any atom is -0.462 e. The van der Waals surface area contributed by atoms with Crippen LogP contribution in [0.25, 0.3) is 0 Å². The maximum absolute atomic E-state index is 11.5. The van der Waals surface area contributed by atoms with Gasteiger partial charge in [0.05, 0.1) is 17.1 Å². The van der Waals surface area contributed by atoms with Crippen molar-refractivity contribution in [3.8, 4) is 6.07 Å².